The van der Waals surface area contributed by atoms with Gasteiger partial charge >= 0.3 is 19.8 Å². The lowest BCUT2D eigenvalue weighted by molar-refractivity contribution is -0.161. The largest absolute Gasteiger partial charge is 0.472 e. The Hall–Kier alpha value is -4.37. The van der Waals surface area contributed by atoms with E-state index >= 15 is 0 Å². The molecule has 0 bridgehead atoms. The number of nitrogens with two attached hydrogens (primary N) is 1. The topological polar surface area (TPSA) is 134 Å². The molecule has 0 aliphatic carbocycles. The first kappa shape index (κ1) is 86.6. The summed E-state index contributed by atoms with van der Waals surface area (Å²) in [4.78, 5) is 35.4. The summed E-state index contributed by atoms with van der Waals surface area (Å²) in [5.74, 6) is -0.857. The molecule has 0 aliphatic rings. The number of rotatable bonds is 68. The van der Waals surface area contributed by atoms with Gasteiger partial charge in [0.15, 0.2) is 6.10 Å². The molecular weight excluding hydrogens is 1150 g/mol. The predicted molar refractivity (Wildman–Crippen MR) is 394 cm³/mol. The molecule has 0 aromatic rings. The monoisotopic (exact) mass is 1280 g/mol. The van der Waals surface area contributed by atoms with Crippen molar-refractivity contribution in [2.45, 2.75) is 315 Å². The van der Waals surface area contributed by atoms with Crippen LogP contribution in [0.5, 0.6) is 0 Å². The Morgan fingerprint density at radius 2 is 0.604 bits per heavy atom. The minimum atomic E-state index is -4.41. The molecule has 0 saturated heterocycles. The molecule has 9 nitrogen and oxygen atoms in total. The van der Waals surface area contributed by atoms with Crippen molar-refractivity contribution in [2.24, 2.45) is 5.73 Å². The molecule has 2 unspecified atom stereocenters. The normalized spacial score (nSPS) is 13.8. The van der Waals surface area contributed by atoms with Crippen molar-refractivity contribution in [1.82, 2.24) is 0 Å². The van der Waals surface area contributed by atoms with Crippen LogP contribution in [0.15, 0.2) is 158 Å². The number of carbonyl (C=O) groups is 2. The summed E-state index contributed by atoms with van der Waals surface area (Å²) in [6.07, 6.45) is 109. The minimum absolute atomic E-state index is 0.0423. The first-order valence-corrected chi connectivity index (χ1v) is 38.5. The number of phosphoric acid groups is 1. The molecule has 0 fully saturated rings. The third-order valence-corrected chi connectivity index (χ3v) is 16.4. The van der Waals surface area contributed by atoms with E-state index in [0.717, 1.165) is 122 Å². The molecule has 2 atom stereocenters. The molecular formula is C81H136NO8P. The van der Waals surface area contributed by atoms with Gasteiger partial charge < -0.3 is 20.1 Å². The molecule has 91 heavy (non-hydrogen) atoms. The van der Waals surface area contributed by atoms with E-state index in [9.17, 15) is 19.0 Å². The highest BCUT2D eigenvalue weighted by Crippen LogP contribution is 2.43. The van der Waals surface area contributed by atoms with Gasteiger partial charge in [-0.2, -0.15) is 0 Å². The van der Waals surface area contributed by atoms with Crippen molar-refractivity contribution in [3.05, 3.63) is 158 Å². The highest BCUT2D eigenvalue weighted by Gasteiger charge is 2.26. The number of carbonyl (C=O) groups excluding carboxylic acids is 2. The lowest BCUT2D eigenvalue weighted by Crippen LogP contribution is -2.29. The second-order valence-corrected chi connectivity index (χ2v) is 25.5. The van der Waals surface area contributed by atoms with Crippen LogP contribution in [0.3, 0.4) is 0 Å². The van der Waals surface area contributed by atoms with E-state index < -0.39 is 26.5 Å². The van der Waals surface area contributed by atoms with Gasteiger partial charge in [-0.15, -0.1) is 0 Å². The SMILES string of the molecule is CC/C=C\C/C=C\C/C=C\C/C=C\C/C=C\C/C=C\C/C=C\C/C=C\C/C=C\C/C=C\C/C=C\C/C=C\CCCCCCC(=O)OC(COC(=O)CCCCCCCCCCCCCCCCCCC/C=C\CCCCCCCCCC)COP(=O)(O)OCCN. The predicted octanol–water partition coefficient (Wildman–Crippen LogP) is 24.7. The lowest BCUT2D eigenvalue weighted by Gasteiger charge is -2.19. The summed E-state index contributed by atoms with van der Waals surface area (Å²) in [6.45, 7) is 3.62. The van der Waals surface area contributed by atoms with E-state index in [1.165, 1.54) is 154 Å². The quantitative estimate of drug-likeness (QED) is 0.0264. The van der Waals surface area contributed by atoms with Gasteiger partial charge in [-0.1, -0.05) is 326 Å². The Labute approximate surface area is 559 Å². The number of phosphoric ester groups is 1. The molecule has 0 rings (SSSR count). The average molecular weight is 1280 g/mol. The van der Waals surface area contributed by atoms with Gasteiger partial charge in [-0.05, 0) is 128 Å². The van der Waals surface area contributed by atoms with Crippen LogP contribution in [0.4, 0.5) is 0 Å². The van der Waals surface area contributed by atoms with Crippen molar-refractivity contribution >= 4 is 19.8 Å². The summed E-state index contributed by atoms with van der Waals surface area (Å²) in [7, 11) is -4.41. The third-order valence-electron chi connectivity index (χ3n) is 15.4. The maximum absolute atomic E-state index is 12.8. The molecule has 0 radical (unpaired) electrons. The average Bonchev–Trinajstić information content (AvgIpc) is 3.74. The fourth-order valence-electron chi connectivity index (χ4n) is 9.97. The number of ether oxygens (including phenoxy) is 2. The summed E-state index contributed by atoms with van der Waals surface area (Å²) >= 11 is 0. The molecule has 0 aliphatic heterocycles. The van der Waals surface area contributed by atoms with E-state index in [2.05, 4.69) is 172 Å². The Morgan fingerprint density at radius 3 is 0.912 bits per heavy atom. The highest BCUT2D eigenvalue weighted by molar-refractivity contribution is 7.47. The fourth-order valence-corrected chi connectivity index (χ4v) is 10.7. The van der Waals surface area contributed by atoms with Crippen LogP contribution in [-0.2, 0) is 32.7 Å². The van der Waals surface area contributed by atoms with Crippen molar-refractivity contribution in [1.29, 1.82) is 0 Å². The summed E-state index contributed by atoms with van der Waals surface area (Å²) in [6, 6.07) is 0. The smallest absolute Gasteiger partial charge is 0.462 e. The molecule has 0 amide bonds. The van der Waals surface area contributed by atoms with Crippen molar-refractivity contribution in [3.63, 3.8) is 0 Å². The maximum Gasteiger partial charge on any atom is 0.472 e. The maximum atomic E-state index is 12.8. The second-order valence-electron chi connectivity index (χ2n) is 24.1. The first-order valence-electron chi connectivity index (χ1n) is 37.0. The van der Waals surface area contributed by atoms with Crippen LogP contribution < -0.4 is 5.73 Å². The van der Waals surface area contributed by atoms with Crippen molar-refractivity contribution < 1.29 is 37.6 Å². The van der Waals surface area contributed by atoms with Crippen LogP contribution in [0, 0.1) is 0 Å². The van der Waals surface area contributed by atoms with E-state index in [1.54, 1.807) is 0 Å². The van der Waals surface area contributed by atoms with Crippen LogP contribution in [0.25, 0.3) is 0 Å². The van der Waals surface area contributed by atoms with E-state index in [1.807, 2.05) is 0 Å². The van der Waals surface area contributed by atoms with Gasteiger partial charge in [0, 0.05) is 19.4 Å². The molecule has 0 heterocycles. The number of allylic oxidation sites excluding steroid dienone is 26. The Kier molecular flexibility index (Phi) is 71.1. The Morgan fingerprint density at radius 1 is 0.341 bits per heavy atom. The molecule has 0 saturated carbocycles. The standard InChI is InChI=1S/C81H136NO8P/c1-3-5-7-9-11-13-15-17-19-21-23-25-27-29-31-33-34-35-36-37-38-39-40-41-42-43-44-46-48-50-52-54-56-58-60-62-64-66-68-70-72-74-81(84)90-79(78-89-91(85,86)88-76-75-82)77-87-80(83)73-71-69-67-65-63-61-59-57-55-53-51-49-47-45-32-30-28-26-24-22-20-18-16-14-12-10-8-6-4-2/h5,7,11,13,17,19,22-25,29,31,34-35,37-38,40-41,43-44,48,50,54,56,60,62,79H,3-4,6,8-10,12,14-16,18,20-21,26-28,30,32-33,36,39,42,45-47,49,51-53,55,57-59,61,63-78,82H2,1-2H3,(H,85,86)/b7-5-,13-11-,19-17-,24-22-,25-23-,31-29-,35-34-,38-37-,41-40-,44-43-,50-48-,56-54-,62-60-. The van der Waals surface area contributed by atoms with Gasteiger partial charge in [0.1, 0.15) is 6.61 Å². The Balaban J connectivity index is 3.99. The summed E-state index contributed by atoms with van der Waals surface area (Å²) in [5, 5.41) is 0. The summed E-state index contributed by atoms with van der Waals surface area (Å²) in [5.41, 5.74) is 5.40. The zero-order valence-electron chi connectivity index (χ0n) is 58.3. The van der Waals surface area contributed by atoms with Gasteiger partial charge in [0.25, 0.3) is 0 Å². The molecule has 10 heteroatoms. The molecule has 0 aromatic heterocycles. The van der Waals surface area contributed by atoms with Gasteiger partial charge in [-0.3, -0.25) is 18.6 Å². The number of esters is 2. The zero-order chi connectivity index (χ0) is 65.8. The Bertz CT molecular complexity index is 2050. The highest BCUT2D eigenvalue weighted by atomic mass is 31.2. The minimum Gasteiger partial charge on any atom is -0.462 e. The van der Waals surface area contributed by atoms with Crippen molar-refractivity contribution in [3.8, 4) is 0 Å². The van der Waals surface area contributed by atoms with Gasteiger partial charge in [0.05, 0.1) is 13.2 Å². The number of unbranched alkanes of at least 4 members (excludes halogenated alkanes) is 29. The lowest BCUT2D eigenvalue weighted by atomic mass is 10.0. The van der Waals surface area contributed by atoms with E-state index in [-0.39, 0.29) is 38.6 Å². The van der Waals surface area contributed by atoms with Crippen LogP contribution in [0.1, 0.15) is 309 Å². The number of hydrogen-bond acceptors (Lipinski definition) is 8. The van der Waals surface area contributed by atoms with Crippen molar-refractivity contribution in [2.75, 3.05) is 26.4 Å². The van der Waals surface area contributed by atoms with Crippen LogP contribution in [-0.4, -0.2) is 49.3 Å². The number of hydrogen-bond donors (Lipinski definition) is 2. The van der Waals surface area contributed by atoms with Crippen LogP contribution >= 0.6 is 7.82 Å². The van der Waals surface area contributed by atoms with Crippen LogP contribution in [0.2, 0.25) is 0 Å². The van der Waals surface area contributed by atoms with Gasteiger partial charge in [0.2, 0.25) is 0 Å². The zero-order valence-corrected chi connectivity index (χ0v) is 59.2. The second kappa shape index (κ2) is 74.7. The molecule has 0 spiro atoms. The van der Waals surface area contributed by atoms with E-state index in [0.29, 0.717) is 6.42 Å². The third kappa shape index (κ3) is 74.5. The molecule has 518 valence electrons. The molecule has 0 aromatic carbocycles. The molecule has 3 N–H and O–H groups in total. The van der Waals surface area contributed by atoms with Gasteiger partial charge in [-0.25, -0.2) is 4.57 Å². The first-order chi connectivity index (χ1) is 44.8. The summed E-state index contributed by atoms with van der Waals surface area (Å²) < 4.78 is 33.2. The fraction of sp³-hybridized carbons (Fsp3) is 0.654. The van der Waals surface area contributed by atoms with E-state index in [4.69, 9.17) is 24.3 Å².